The van der Waals surface area contributed by atoms with Gasteiger partial charge >= 0.3 is 11.9 Å². The molecule has 0 fully saturated rings. The summed E-state index contributed by atoms with van der Waals surface area (Å²) in [6.07, 6.45) is 1.43. The Bertz CT molecular complexity index is 328. The molecule has 0 saturated carbocycles. The molecular formula is C14H22Cl2O4. The van der Waals surface area contributed by atoms with Crippen molar-refractivity contribution in [1.82, 2.24) is 0 Å². The summed E-state index contributed by atoms with van der Waals surface area (Å²) in [6.45, 7) is 8.49. The third kappa shape index (κ3) is 8.43. The Hall–Kier alpha value is -0.740. The first-order chi connectivity index (χ1) is 9.25. The lowest BCUT2D eigenvalue weighted by Gasteiger charge is -2.08. The molecule has 0 aliphatic rings. The van der Waals surface area contributed by atoms with E-state index in [1.807, 2.05) is 27.7 Å². The lowest BCUT2D eigenvalue weighted by atomic mass is 10.1. The highest BCUT2D eigenvalue weighted by molar-refractivity contribution is 6.53. The van der Waals surface area contributed by atoms with E-state index in [-0.39, 0.29) is 13.2 Å². The van der Waals surface area contributed by atoms with Gasteiger partial charge in [-0.3, -0.25) is 0 Å². The molecular weight excluding hydrogens is 303 g/mol. The first-order valence-corrected chi connectivity index (χ1v) is 7.40. The summed E-state index contributed by atoms with van der Waals surface area (Å²) in [5.41, 5.74) is 0. The Kier molecular flexibility index (Phi) is 9.68. The molecule has 4 nitrogen and oxygen atoms in total. The van der Waals surface area contributed by atoms with Gasteiger partial charge in [0.05, 0.1) is 13.2 Å². The summed E-state index contributed by atoms with van der Waals surface area (Å²) in [6, 6.07) is 0. The van der Waals surface area contributed by atoms with E-state index >= 15 is 0 Å². The molecule has 0 heterocycles. The molecule has 0 spiro atoms. The zero-order valence-corrected chi connectivity index (χ0v) is 13.9. The summed E-state index contributed by atoms with van der Waals surface area (Å²) in [5, 5.41) is -0.880. The summed E-state index contributed by atoms with van der Waals surface area (Å²) < 4.78 is 9.82. The Morgan fingerprint density at radius 1 is 0.800 bits per heavy atom. The van der Waals surface area contributed by atoms with Gasteiger partial charge in [0.25, 0.3) is 0 Å². The van der Waals surface area contributed by atoms with Crippen LogP contribution in [-0.2, 0) is 19.1 Å². The van der Waals surface area contributed by atoms with Crippen LogP contribution in [0.15, 0.2) is 10.1 Å². The number of halogens is 2. The molecule has 0 amide bonds. The molecule has 20 heavy (non-hydrogen) atoms. The Morgan fingerprint density at radius 2 is 1.10 bits per heavy atom. The van der Waals surface area contributed by atoms with Gasteiger partial charge in [0.1, 0.15) is 0 Å². The van der Waals surface area contributed by atoms with Crippen molar-refractivity contribution in [2.75, 3.05) is 13.2 Å². The number of rotatable bonds is 8. The van der Waals surface area contributed by atoms with E-state index in [9.17, 15) is 9.59 Å². The molecule has 6 heteroatoms. The first kappa shape index (κ1) is 19.3. The van der Waals surface area contributed by atoms with Crippen molar-refractivity contribution in [3.8, 4) is 0 Å². The molecule has 0 aliphatic carbocycles. The van der Waals surface area contributed by atoms with E-state index in [2.05, 4.69) is 0 Å². The minimum absolute atomic E-state index is 0.235. The fourth-order valence-electron chi connectivity index (χ4n) is 1.08. The summed E-state index contributed by atoms with van der Waals surface area (Å²) in [7, 11) is 0. The number of hydrogen-bond acceptors (Lipinski definition) is 4. The van der Waals surface area contributed by atoms with Crippen molar-refractivity contribution in [2.45, 2.75) is 40.5 Å². The average molecular weight is 325 g/mol. The predicted molar refractivity (Wildman–Crippen MR) is 79.6 cm³/mol. The van der Waals surface area contributed by atoms with Crippen molar-refractivity contribution in [2.24, 2.45) is 11.8 Å². The van der Waals surface area contributed by atoms with Crippen LogP contribution in [0.3, 0.4) is 0 Å². The highest BCUT2D eigenvalue weighted by atomic mass is 35.5. The number of carbonyl (C=O) groups excluding carboxylic acids is 2. The molecule has 0 bridgehead atoms. The van der Waals surface area contributed by atoms with Crippen molar-refractivity contribution in [3.05, 3.63) is 10.1 Å². The predicted octanol–water partition coefficient (Wildman–Crippen LogP) is 3.85. The van der Waals surface area contributed by atoms with Gasteiger partial charge in [0.2, 0.25) is 0 Å². The third-order valence-corrected chi connectivity index (χ3v) is 3.19. The highest BCUT2D eigenvalue weighted by Gasteiger charge is 2.20. The Labute approximate surface area is 130 Å². The lowest BCUT2D eigenvalue weighted by molar-refractivity contribution is -0.141. The minimum Gasteiger partial charge on any atom is -0.461 e. The van der Waals surface area contributed by atoms with E-state index in [0.717, 1.165) is 0 Å². The Morgan fingerprint density at radius 3 is 1.35 bits per heavy atom. The van der Waals surface area contributed by atoms with E-state index in [1.54, 1.807) is 0 Å². The molecule has 0 aliphatic heterocycles. The minimum atomic E-state index is -0.807. The fourth-order valence-corrected chi connectivity index (χ4v) is 1.34. The molecule has 0 N–H and O–H groups in total. The van der Waals surface area contributed by atoms with Crippen LogP contribution in [0, 0.1) is 11.8 Å². The molecule has 0 rings (SSSR count). The van der Waals surface area contributed by atoms with Gasteiger partial charge in [-0.2, -0.15) is 0 Å². The first-order valence-electron chi connectivity index (χ1n) is 6.65. The van der Waals surface area contributed by atoms with Crippen LogP contribution < -0.4 is 0 Å². The van der Waals surface area contributed by atoms with Crippen molar-refractivity contribution < 1.29 is 19.1 Å². The smallest absolute Gasteiger partial charge is 0.351 e. The normalized spacial score (nSPS) is 12.4. The fraction of sp³-hybridized carbons (Fsp3) is 0.714. The second-order valence-corrected chi connectivity index (χ2v) is 6.02. The van der Waals surface area contributed by atoms with Gasteiger partial charge in [0, 0.05) is 0 Å². The second kappa shape index (κ2) is 10.1. The number of hydrogen-bond donors (Lipinski definition) is 0. The maximum atomic E-state index is 11.5. The maximum Gasteiger partial charge on any atom is 0.351 e. The van der Waals surface area contributed by atoms with Crippen molar-refractivity contribution >= 4 is 35.1 Å². The molecule has 0 atom stereocenters. The van der Waals surface area contributed by atoms with Gasteiger partial charge in [0.15, 0.2) is 10.1 Å². The zero-order chi connectivity index (χ0) is 15.7. The van der Waals surface area contributed by atoms with Gasteiger partial charge in [-0.1, -0.05) is 50.9 Å². The molecule has 0 aromatic heterocycles. The van der Waals surface area contributed by atoms with E-state index in [1.165, 1.54) is 0 Å². The summed E-state index contributed by atoms with van der Waals surface area (Å²) >= 11 is 11.4. The summed E-state index contributed by atoms with van der Waals surface area (Å²) in [5.74, 6) is -0.805. The average Bonchev–Trinajstić information content (AvgIpc) is 2.35. The molecule has 0 aromatic carbocycles. The molecule has 0 radical (unpaired) electrons. The van der Waals surface area contributed by atoms with Crippen LogP contribution in [0.5, 0.6) is 0 Å². The topological polar surface area (TPSA) is 52.6 Å². The highest BCUT2D eigenvalue weighted by Crippen LogP contribution is 2.18. The van der Waals surface area contributed by atoms with Crippen molar-refractivity contribution in [3.63, 3.8) is 0 Å². The van der Waals surface area contributed by atoms with Crippen LogP contribution in [0.2, 0.25) is 0 Å². The Balaban J connectivity index is 4.33. The zero-order valence-electron chi connectivity index (χ0n) is 12.4. The third-order valence-electron chi connectivity index (χ3n) is 2.41. The van der Waals surface area contributed by atoms with Crippen LogP contribution in [0.4, 0.5) is 0 Å². The van der Waals surface area contributed by atoms with E-state index in [4.69, 9.17) is 32.7 Å². The standard InChI is InChI=1S/C14H22Cl2O4/c1-9(2)5-7-19-13(17)11(15)12(16)14(18)20-8-6-10(3)4/h9-10H,5-8H2,1-4H3/b12-11-. The van der Waals surface area contributed by atoms with Gasteiger partial charge < -0.3 is 9.47 Å². The quantitative estimate of drug-likeness (QED) is 0.502. The van der Waals surface area contributed by atoms with Gasteiger partial charge in [-0.05, 0) is 24.7 Å². The van der Waals surface area contributed by atoms with Crippen LogP contribution in [-0.4, -0.2) is 25.2 Å². The maximum absolute atomic E-state index is 11.5. The monoisotopic (exact) mass is 324 g/mol. The lowest BCUT2D eigenvalue weighted by Crippen LogP contribution is -2.13. The van der Waals surface area contributed by atoms with Crippen LogP contribution >= 0.6 is 23.2 Å². The summed E-state index contributed by atoms with van der Waals surface area (Å²) in [4.78, 5) is 23.1. The molecule has 0 saturated heterocycles. The number of ether oxygens (including phenoxy) is 2. The largest absolute Gasteiger partial charge is 0.461 e. The van der Waals surface area contributed by atoms with Gasteiger partial charge in [-0.15, -0.1) is 0 Å². The second-order valence-electron chi connectivity index (χ2n) is 5.26. The molecule has 116 valence electrons. The van der Waals surface area contributed by atoms with E-state index < -0.39 is 22.0 Å². The number of esters is 2. The molecule has 0 unspecified atom stereocenters. The van der Waals surface area contributed by atoms with Gasteiger partial charge in [-0.25, -0.2) is 9.59 Å². The SMILES string of the molecule is CC(C)CCOC(=O)/C(Cl)=C(/Cl)C(=O)OCCC(C)C. The van der Waals surface area contributed by atoms with E-state index in [0.29, 0.717) is 24.7 Å². The van der Waals surface area contributed by atoms with Crippen LogP contribution in [0.25, 0.3) is 0 Å². The van der Waals surface area contributed by atoms with Crippen LogP contribution in [0.1, 0.15) is 40.5 Å². The van der Waals surface area contributed by atoms with Crippen molar-refractivity contribution in [1.29, 1.82) is 0 Å². The number of carbonyl (C=O) groups is 2. The molecule has 0 aromatic rings.